The fraction of sp³-hybridized carbons (Fsp3) is 0.700. The Balaban J connectivity index is 2.38. The Morgan fingerprint density at radius 1 is 1.67 bits per heavy atom. The summed E-state index contributed by atoms with van der Waals surface area (Å²) in [7, 11) is 0. The smallest absolute Gasteiger partial charge is 0.0632 e. The van der Waals surface area contributed by atoms with Crippen molar-refractivity contribution in [3.05, 3.63) is 16.9 Å². The Labute approximate surface area is 98.8 Å². The number of nitrogens with zero attached hydrogens (tertiary/aromatic N) is 2. The van der Waals surface area contributed by atoms with Crippen LogP contribution >= 0.6 is 15.9 Å². The molecule has 2 unspecified atom stereocenters. The Hall–Kier alpha value is -0.390. The Morgan fingerprint density at radius 2 is 2.40 bits per heavy atom. The van der Waals surface area contributed by atoms with Gasteiger partial charge in [0, 0.05) is 18.3 Å². The molecule has 0 saturated carbocycles. The SMILES string of the molecule is CCC(CO)NC(C)Cn1cc(Br)cn1. The van der Waals surface area contributed by atoms with Crippen LogP contribution in [0.3, 0.4) is 0 Å². The minimum Gasteiger partial charge on any atom is -0.395 e. The molecule has 15 heavy (non-hydrogen) atoms. The Kier molecular flexibility index (Phi) is 5.28. The van der Waals surface area contributed by atoms with Crippen LogP contribution in [0, 0.1) is 0 Å². The van der Waals surface area contributed by atoms with Gasteiger partial charge in [-0.15, -0.1) is 0 Å². The molecule has 0 saturated heterocycles. The second kappa shape index (κ2) is 6.25. The fourth-order valence-electron chi connectivity index (χ4n) is 1.47. The third-order valence-corrected chi connectivity index (χ3v) is 2.71. The predicted molar refractivity (Wildman–Crippen MR) is 63.7 cm³/mol. The number of aliphatic hydroxyl groups excluding tert-OH is 1. The molecule has 4 nitrogen and oxygen atoms in total. The lowest BCUT2D eigenvalue weighted by molar-refractivity contribution is 0.225. The van der Waals surface area contributed by atoms with Crippen LogP contribution in [-0.4, -0.2) is 33.6 Å². The molecule has 0 bridgehead atoms. The molecular formula is C10H18BrN3O. The highest BCUT2D eigenvalue weighted by atomic mass is 79.9. The van der Waals surface area contributed by atoms with Crippen molar-refractivity contribution in [2.45, 2.75) is 38.9 Å². The molecule has 0 aliphatic carbocycles. The number of rotatable bonds is 6. The third-order valence-electron chi connectivity index (χ3n) is 2.30. The zero-order chi connectivity index (χ0) is 11.3. The van der Waals surface area contributed by atoms with E-state index >= 15 is 0 Å². The largest absolute Gasteiger partial charge is 0.395 e. The van der Waals surface area contributed by atoms with Crippen LogP contribution in [0.4, 0.5) is 0 Å². The van der Waals surface area contributed by atoms with Gasteiger partial charge in [-0.2, -0.15) is 5.10 Å². The molecule has 2 N–H and O–H groups in total. The van der Waals surface area contributed by atoms with E-state index in [4.69, 9.17) is 5.11 Å². The van der Waals surface area contributed by atoms with Gasteiger partial charge in [-0.3, -0.25) is 4.68 Å². The van der Waals surface area contributed by atoms with Crippen molar-refractivity contribution in [2.24, 2.45) is 0 Å². The van der Waals surface area contributed by atoms with E-state index in [2.05, 4.69) is 40.2 Å². The van der Waals surface area contributed by atoms with E-state index in [-0.39, 0.29) is 12.6 Å². The van der Waals surface area contributed by atoms with Crippen molar-refractivity contribution in [3.8, 4) is 0 Å². The van der Waals surface area contributed by atoms with Gasteiger partial charge in [0.15, 0.2) is 0 Å². The lowest BCUT2D eigenvalue weighted by Gasteiger charge is -2.20. The molecule has 0 aliphatic rings. The maximum atomic E-state index is 9.05. The van der Waals surface area contributed by atoms with Crippen LogP contribution in [0.2, 0.25) is 0 Å². The van der Waals surface area contributed by atoms with Gasteiger partial charge in [0.05, 0.1) is 23.8 Å². The zero-order valence-corrected chi connectivity index (χ0v) is 10.7. The molecule has 0 aliphatic heterocycles. The highest BCUT2D eigenvalue weighted by Crippen LogP contribution is 2.06. The lowest BCUT2D eigenvalue weighted by atomic mass is 10.2. The first-order valence-electron chi connectivity index (χ1n) is 5.20. The van der Waals surface area contributed by atoms with E-state index in [0.29, 0.717) is 6.04 Å². The van der Waals surface area contributed by atoms with Crippen molar-refractivity contribution >= 4 is 15.9 Å². The van der Waals surface area contributed by atoms with Gasteiger partial charge >= 0.3 is 0 Å². The highest BCUT2D eigenvalue weighted by molar-refractivity contribution is 9.10. The van der Waals surface area contributed by atoms with Gasteiger partial charge in [0.1, 0.15) is 0 Å². The van der Waals surface area contributed by atoms with Crippen molar-refractivity contribution < 1.29 is 5.11 Å². The first-order chi connectivity index (χ1) is 7.15. The summed E-state index contributed by atoms with van der Waals surface area (Å²) in [6, 6.07) is 0.480. The molecule has 86 valence electrons. The summed E-state index contributed by atoms with van der Waals surface area (Å²) in [6.07, 6.45) is 4.65. The predicted octanol–water partition coefficient (Wildman–Crippen LogP) is 1.39. The van der Waals surface area contributed by atoms with E-state index in [1.165, 1.54) is 0 Å². The molecule has 0 aromatic carbocycles. The summed E-state index contributed by atoms with van der Waals surface area (Å²) in [4.78, 5) is 0. The van der Waals surface area contributed by atoms with E-state index < -0.39 is 0 Å². The molecule has 0 spiro atoms. The second-order valence-corrected chi connectivity index (χ2v) is 4.65. The van der Waals surface area contributed by atoms with Gasteiger partial charge in [-0.1, -0.05) is 6.92 Å². The average molecular weight is 276 g/mol. The minimum atomic E-state index is 0.180. The fourth-order valence-corrected chi connectivity index (χ4v) is 1.80. The number of hydrogen-bond acceptors (Lipinski definition) is 3. The van der Waals surface area contributed by atoms with E-state index in [1.54, 1.807) is 6.20 Å². The van der Waals surface area contributed by atoms with Gasteiger partial charge in [0.25, 0.3) is 0 Å². The van der Waals surface area contributed by atoms with Crippen LogP contribution in [-0.2, 0) is 6.54 Å². The van der Waals surface area contributed by atoms with Crippen LogP contribution in [0.1, 0.15) is 20.3 Å². The van der Waals surface area contributed by atoms with Crippen molar-refractivity contribution in [3.63, 3.8) is 0 Å². The van der Waals surface area contributed by atoms with Crippen LogP contribution in [0.5, 0.6) is 0 Å². The van der Waals surface area contributed by atoms with Crippen LogP contribution in [0.15, 0.2) is 16.9 Å². The van der Waals surface area contributed by atoms with Gasteiger partial charge in [0.2, 0.25) is 0 Å². The first-order valence-corrected chi connectivity index (χ1v) is 5.99. The summed E-state index contributed by atoms with van der Waals surface area (Å²) >= 11 is 3.36. The average Bonchev–Trinajstić information content (AvgIpc) is 2.60. The summed E-state index contributed by atoms with van der Waals surface area (Å²) in [6.45, 7) is 5.14. The summed E-state index contributed by atoms with van der Waals surface area (Å²) < 4.78 is 2.87. The van der Waals surface area contributed by atoms with Crippen molar-refractivity contribution in [1.82, 2.24) is 15.1 Å². The molecule has 5 heteroatoms. The van der Waals surface area contributed by atoms with Crippen LogP contribution in [0.25, 0.3) is 0 Å². The molecule has 0 fully saturated rings. The third kappa shape index (κ3) is 4.32. The molecule has 0 amide bonds. The van der Waals surface area contributed by atoms with E-state index in [0.717, 1.165) is 17.4 Å². The highest BCUT2D eigenvalue weighted by Gasteiger charge is 2.09. The second-order valence-electron chi connectivity index (χ2n) is 3.74. The molecule has 1 aromatic rings. The number of nitrogens with one attached hydrogen (secondary N) is 1. The Morgan fingerprint density at radius 3 is 2.87 bits per heavy atom. The maximum absolute atomic E-state index is 9.05. The number of hydrogen-bond donors (Lipinski definition) is 2. The van der Waals surface area contributed by atoms with E-state index in [1.807, 2.05) is 10.9 Å². The quantitative estimate of drug-likeness (QED) is 0.825. The Bertz CT molecular complexity index is 286. The lowest BCUT2D eigenvalue weighted by Crippen LogP contribution is -2.40. The monoisotopic (exact) mass is 275 g/mol. The number of aliphatic hydroxyl groups is 1. The summed E-state index contributed by atoms with van der Waals surface area (Å²) in [5, 5.41) is 16.6. The number of aromatic nitrogens is 2. The molecule has 1 aromatic heterocycles. The minimum absolute atomic E-state index is 0.180. The summed E-state index contributed by atoms with van der Waals surface area (Å²) in [5.74, 6) is 0. The van der Waals surface area contributed by atoms with Gasteiger partial charge < -0.3 is 10.4 Å². The topological polar surface area (TPSA) is 50.1 Å². The molecule has 0 radical (unpaired) electrons. The maximum Gasteiger partial charge on any atom is 0.0632 e. The van der Waals surface area contributed by atoms with Gasteiger partial charge in [-0.25, -0.2) is 0 Å². The number of halogens is 1. The van der Waals surface area contributed by atoms with Gasteiger partial charge in [-0.05, 0) is 29.3 Å². The molecule has 2 atom stereocenters. The van der Waals surface area contributed by atoms with Crippen molar-refractivity contribution in [2.75, 3.05) is 6.61 Å². The summed E-state index contributed by atoms with van der Waals surface area (Å²) in [5.41, 5.74) is 0. The normalized spacial score (nSPS) is 15.2. The standard InChI is InChI=1S/C10H18BrN3O/c1-3-10(7-15)13-8(2)5-14-6-9(11)4-12-14/h4,6,8,10,13,15H,3,5,7H2,1-2H3. The molecular weight excluding hydrogens is 258 g/mol. The molecule has 1 heterocycles. The van der Waals surface area contributed by atoms with E-state index in [9.17, 15) is 0 Å². The first kappa shape index (κ1) is 12.7. The van der Waals surface area contributed by atoms with Crippen molar-refractivity contribution in [1.29, 1.82) is 0 Å². The van der Waals surface area contributed by atoms with Crippen LogP contribution < -0.4 is 5.32 Å². The zero-order valence-electron chi connectivity index (χ0n) is 9.15. The molecule has 1 rings (SSSR count).